The van der Waals surface area contributed by atoms with Crippen LogP contribution in [0.15, 0.2) is 18.2 Å². The van der Waals surface area contributed by atoms with Gasteiger partial charge in [-0.2, -0.15) is 11.8 Å². The third-order valence-corrected chi connectivity index (χ3v) is 3.05. The molecule has 0 aromatic heterocycles. The normalized spacial score (nSPS) is 12.4. The third kappa shape index (κ3) is 3.03. The second-order valence-electron chi connectivity index (χ2n) is 3.27. The summed E-state index contributed by atoms with van der Waals surface area (Å²) in [6, 6.07) is 5.63. The first-order valence-corrected chi connectivity index (χ1v) is 5.84. The van der Waals surface area contributed by atoms with Gasteiger partial charge < -0.3 is 16.8 Å². The molecule has 4 heteroatoms. The molecule has 3 nitrogen and oxygen atoms in total. The molecule has 1 rings (SSSR count). The van der Waals surface area contributed by atoms with Gasteiger partial charge >= 0.3 is 0 Å². The van der Waals surface area contributed by atoms with Gasteiger partial charge in [0.2, 0.25) is 0 Å². The van der Waals surface area contributed by atoms with E-state index in [2.05, 4.69) is 18.5 Å². The predicted octanol–water partition coefficient (Wildman–Crippen LogP) is 2.01. The molecule has 0 bridgehead atoms. The van der Waals surface area contributed by atoms with Crippen molar-refractivity contribution in [3.05, 3.63) is 18.2 Å². The summed E-state index contributed by atoms with van der Waals surface area (Å²) in [4.78, 5) is 0. The van der Waals surface area contributed by atoms with Crippen molar-refractivity contribution in [2.45, 2.75) is 12.2 Å². The molecule has 0 aliphatic carbocycles. The first-order valence-electron chi connectivity index (χ1n) is 4.55. The summed E-state index contributed by atoms with van der Waals surface area (Å²) >= 11 is 1.83. The van der Waals surface area contributed by atoms with Gasteiger partial charge in [-0.25, -0.2) is 0 Å². The van der Waals surface area contributed by atoms with Gasteiger partial charge in [0, 0.05) is 17.5 Å². The number of hydrogen-bond acceptors (Lipinski definition) is 4. The first kappa shape index (κ1) is 11.0. The lowest BCUT2D eigenvalue weighted by Gasteiger charge is -2.11. The first-order chi connectivity index (χ1) is 6.63. The Morgan fingerprint density at radius 3 is 2.64 bits per heavy atom. The maximum Gasteiger partial charge on any atom is 0.0568 e. The maximum atomic E-state index is 5.69. The van der Waals surface area contributed by atoms with Crippen LogP contribution in [0.1, 0.15) is 6.92 Å². The van der Waals surface area contributed by atoms with Crippen molar-refractivity contribution in [3.63, 3.8) is 0 Å². The van der Waals surface area contributed by atoms with Crippen LogP contribution in [0.3, 0.4) is 0 Å². The molecule has 14 heavy (non-hydrogen) atoms. The van der Waals surface area contributed by atoms with Crippen LogP contribution in [0.4, 0.5) is 17.1 Å². The number of anilines is 3. The number of rotatable bonds is 4. The van der Waals surface area contributed by atoms with Crippen LogP contribution in [0.5, 0.6) is 0 Å². The van der Waals surface area contributed by atoms with Crippen molar-refractivity contribution in [2.24, 2.45) is 0 Å². The van der Waals surface area contributed by atoms with Gasteiger partial charge in [-0.1, -0.05) is 6.92 Å². The Labute approximate surface area is 89.2 Å². The van der Waals surface area contributed by atoms with Crippen LogP contribution in [-0.4, -0.2) is 18.1 Å². The van der Waals surface area contributed by atoms with E-state index in [1.165, 1.54) is 0 Å². The van der Waals surface area contributed by atoms with Crippen LogP contribution in [-0.2, 0) is 0 Å². The zero-order chi connectivity index (χ0) is 10.6. The number of thioether (sulfide) groups is 1. The number of nitrogens with two attached hydrogens (primary N) is 2. The average molecular weight is 211 g/mol. The summed E-state index contributed by atoms with van der Waals surface area (Å²) in [7, 11) is 0. The second-order valence-corrected chi connectivity index (χ2v) is 4.55. The molecule has 0 saturated carbocycles. The van der Waals surface area contributed by atoms with Crippen LogP contribution in [0.25, 0.3) is 0 Å². The molecule has 1 aromatic rings. The van der Waals surface area contributed by atoms with Crippen LogP contribution >= 0.6 is 11.8 Å². The summed E-state index contributed by atoms with van der Waals surface area (Å²) in [5.74, 6) is 0. The summed E-state index contributed by atoms with van der Waals surface area (Å²) < 4.78 is 0. The van der Waals surface area contributed by atoms with Gasteiger partial charge in [-0.15, -0.1) is 0 Å². The lowest BCUT2D eigenvalue weighted by molar-refractivity contribution is 1.00. The lowest BCUT2D eigenvalue weighted by Crippen LogP contribution is -2.12. The molecule has 0 spiro atoms. The van der Waals surface area contributed by atoms with Crippen molar-refractivity contribution >= 4 is 28.8 Å². The quantitative estimate of drug-likeness (QED) is 0.667. The van der Waals surface area contributed by atoms with Gasteiger partial charge in [-0.3, -0.25) is 0 Å². The van der Waals surface area contributed by atoms with Crippen LogP contribution < -0.4 is 16.8 Å². The molecule has 0 aliphatic heterocycles. The van der Waals surface area contributed by atoms with Crippen LogP contribution in [0.2, 0.25) is 0 Å². The minimum atomic E-state index is 0.591. The number of nitrogens with one attached hydrogen (secondary N) is 1. The number of benzene rings is 1. The SMILES string of the molecule is CSC(C)CNc1ccc(N)c(N)c1. The molecular weight excluding hydrogens is 194 g/mol. The standard InChI is InChI=1S/C10H17N3S/c1-7(14-2)6-13-8-3-4-9(11)10(12)5-8/h3-5,7,13H,6,11-12H2,1-2H3. The molecule has 1 atom stereocenters. The van der Waals surface area contributed by atoms with E-state index >= 15 is 0 Å². The molecule has 0 heterocycles. The topological polar surface area (TPSA) is 64.1 Å². The predicted molar refractivity (Wildman–Crippen MR) is 66.7 cm³/mol. The van der Waals surface area contributed by atoms with E-state index in [4.69, 9.17) is 11.5 Å². The highest BCUT2D eigenvalue weighted by Gasteiger charge is 2.00. The zero-order valence-electron chi connectivity index (χ0n) is 8.58. The van der Waals surface area contributed by atoms with E-state index in [0.717, 1.165) is 12.2 Å². The largest absolute Gasteiger partial charge is 0.397 e. The lowest BCUT2D eigenvalue weighted by atomic mass is 10.2. The fraction of sp³-hybridized carbons (Fsp3) is 0.400. The Balaban J connectivity index is 2.55. The smallest absolute Gasteiger partial charge is 0.0568 e. The summed E-state index contributed by atoms with van der Waals surface area (Å²) in [6.45, 7) is 3.11. The van der Waals surface area contributed by atoms with Crippen molar-refractivity contribution < 1.29 is 0 Å². The number of nitrogen functional groups attached to an aromatic ring is 2. The summed E-state index contributed by atoms with van der Waals surface area (Å²) in [6.07, 6.45) is 2.10. The summed E-state index contributed by atoms with van der Waals surface area (Å²) in [5, 5.41) is 3.90. The fourth-order valence-electron chi connectivity index (χ4n) is 1.03. The van der Waals surface area contributed by atoms with E-state index in [0.29, 0.717) is 16.6 Å². The number of hydrogen-bond donors (Lipinski definition) is 3. The van der Waals surface area contributed by atoms with E-state index in [1.807, 2.05) is 30.0 Å². The van der Waals surface area contributed by atoms with Gasteiger partial charge in [0.1, 0.15) is 0 Å². The monoisotopic (exact) mass is 211 g/mol. The molecule has 0 aliphatic rings. The highest BCUT2D eigenvalue weighted by atomic mass is 32.2. The molecule has 1 aromatic carbocycles. The van der Waals surface area contributed by atoms with Gasteiger partial charge in [0.05, 0.1) is 11.4 Å². The van der Waals surface area contributed by atoms with Gasteiger partial charge in [0.15, 0.2) is 0 Å². The highest BCUT2D eigenvalue weighted by molar-refractivity contribution is 7.99. The molecule has 78 valence electrons. The minimum Gasteiger partial charge on any atom is -0.397 e. The maximum absolute atomic E-state index is 5.69. The van der Waals surface area contributed by atoms with Crippen molar-refractivity contribution in [3.8, 4) is 0 Å². The molecule has 5 N–H and O–H groups in total. The average Bonchev–Trinajstić information content (AvgIpc) is 2.19. The molecular formula is C10H17N3S. The Morgan fingerprint density at radius 2 is 2.07 bits per heavy atom. The Hall–Kier alpha value is -1.03. The van der Waals surface area contributed by atoms with E-state index in [-0.39, 0.29) is 0 Å². The van der Waals surface area contributed by atoms with E-state index in [1.54, 1.807) is 0 Å². The Bertz CT molecular complexity index is 301. The van der Waals surface area contributed by atoms with Crippen molar-refractivity contribution in [2.75, 3.05) is 29.6 Å². The molecule has 0 saturated heterocycles. The van der Waals surface area contributed by atoms with Crippen molar-refractivity contribution in [1.82, 2.24) is 0 Å². The minimum absolute atomic E-state index is 0.591. The van der Waals surface area contributed by atoms with E-state index in [9.17, 15) is 0 Å². The molecule has 0 amide bonds. The third-order valence-electron chi connectivity index (χ3n) is 2.08. The highest BCUT2D eigenvalue weighted by Crippen LogP contribution is 2.19. The zero-order valence-corrected chi connectivity index (χ0v) is 9.40. The van der Waals surface area contributed by atoms with E-state index < -0.39 is 0 Å². The van der Waals surface area contributed by atoms with Gasteiger partial charge in [0.25, 0.3) is 0 Å². The van der Waals surface area contributed by atoms with Gasteiger partial charge in [-0.05, 0) is 24.5 Å². The Kier molecular flexibility index (Phi) is 3.95. The van der Waals surface area contributed by atoms with Crippen molar-refractivity contribution in [1.29, 1.82) is 0 Å². The fourth-order valence-corrected chi connectivity index (χ4v) is 1.28. The molecule has 0 fully saturated rings. The molecule has 1 unspecified atom stereocenters. The molecule has 0 radical (unpaired) electrons. The second kappa shape index (κ2) is 5.00. The Morgan fingerprint density at radius 1 is 1.36 bits per heavy atom. The summed E-state index contributed by atoms with van der Waals surface area (Å²) in [5.41, 5.74) is 13.6. The van der Waals surface area contributed by atoms with Crippen LogP contribution in [0, 0.1) is 0 Å².